The first-order valence-electron chi connectivity index (χ1n) is 9.06. The number of aryl methyl sites for hydroxylation is 1. The molecule has 0 aliphatic rings. The maximum Gasteiger partial charge on any atom is 0.271 e. The van der Waals surface area contributed by atoms with Gasteiger partial charge in [-0.2, -0.15) is 5.10 Å². The lowest BCUT2D eigenvalue weighted by atomic mass is 10.1. The van der Waals surface area contributed by atoms with Crippen LogP contribution < -0.4 is 10.7 Å². The summed E-state index contributed by atoms with van der Waals surface area (Å²) < 4.78 is 0. The number of phenolic OH excluding ortho intramolecular Hbond substituents is 1. The lowest BCUT2D eigenvalue weighted by Gasteiger charge is -2.08. The van der Waals surface area contributed by atoms with Crippen molar-refractivity contribution in [1.82, 2.24) is 5.43 Å². The zero-order valence-electron chi connectivity index (χ0n) is 16.1. The van der Waals surface area contributed by atoms with E-state index < -0.39 is 5.91 Å². The van der Waals surface area contributed by atoms with E-state index in [1.807, 2.05) is 25.1 Å². The molecule has 0 saturated heterocycles. The van der Waals surface area contributed by atoms with Gasteiger partial charge in [0.25, 0.3) is 11.8 Å². The summed E-state index contributed by atoms with van der Waals surface area (Å²) in [5, 5.41) is 16.7. The molecular weight excluding hydrogens is 366 g/mol. The van der Waals surface area contributed by atoms with E-state index in [1.54, 1.807) is 61.5 Å². The number of carbonyl (C=O) groups is 2. The van der Waals surface area contributed by atoms with E-state index in [-0.39, 0.29) is 11.7 Å². The first kappa shape index (κ1) is 19.8. The summed E-state index contributed by atoms with van der Waals surface area (Å²) in [7, 11) is 0. The van der Waals surface area contributed by atoms with Crippen LogP contribution in [0.5, 0.6) is 5.75 Å². The molecular formula is C23H21N3O3. The predicted molar refractivity (Wildman–Crippen MR) is 113 cm³/mol. The van der Waals surface area contributed by atoms with Gasteiger partial charge in [0.15, 0.2) is 0 Å². The highest BCUT2D eigenvalue weighted by molar-refractivity contribution is 6.05. The Hall–Kier alpha value is -3.93. The zero-order valence-corrected chi connectivity index (χ0v) is 16.1. The summed E-state index contributed by atoms with van der Waals surface area (Å²) in [5.74, 6) is -0.503. The molecule has 3 N–H and O–H groups in total. The summed E-state index contributed by atoms with van der Waals surface area (Å²) >= 11 is 0. The smallest absolute Gasteiger partial charge is 0.271 e. The summed E-state index contributed by atoms with van der Waals surface area (Å²) in [6.07, 6.45) is 0. The number of aromatic hydroxyl groups is 1. The molecule has 0 aromatic heterocycles. The number of hydrazone groups is 1. The number of nitrogens with zero attached hydrogens (tertiary/aromatic N) is 1. The number of phenols is 1. The van der Waals surface area contributed by atoms with Crippen molar-refractivity contribution >= 4 is 23.2 Å². The number of rotatable bonds is 5. The molecule has 0 spiro atoms. The molecule has 0 aliphatic carbocycles. The number of anilines is 1. The van der Waals surface area contributed by atoms with Crippen molar-refractivity contribution in [2.75, 3.05) is 5.32 Å². The molecule has 0 fully saturated rings. The van der Waals surface area contributed by atoms with Gasteiger partial charge in [-0.05, 0) is 61.9 Å². The number of benzene rings is 3. The maximum absolute atomic E-state index is 12.4. The number of hydrogen-bond acceptors (Lipinski definition) is 4. The second-order valence-electron chi connectivity index (χ2n) is 6.50. The van der Waals surface area contributed by atoms with Crippen LogP contribution in [0, 0.1) is 6.92 Å². The van der Waals surface area contributed by atoms with Gasteiger partial charge in [-0.25, -0.2) is 5.43 Å². The van der Waals surface area contributed by atoms with Gasteiger partial charge in [0.1, 0.15) is 5.75 Å². The van der Waals surface area contributed by atoms with E-state index in [4.69, 9.17) is 0 Å². The van der Waals surface area contributed by atoms with Crippen molar-refractivity contribution in [3.05, 3.63) is 95.1 Å². The monoisotopic (exact) mass is 387 g/mol. The maximum atomic E-state index is 12.4. The minimum atomic E-state index is -0.392. The molecule has 0 saturated carbocycles. The summed E-state index contributed by atoms with van der Waals surface area (Å²) in [4.78, 5) is 24.7. The van der Waals surface area contributed by atoms with E-state index in [0.29, 0.717) is 28.1 Å². The summed E-state index contributed by atoms with van der Waals surface area (Å²) in [6, 6.07) is 20.6. The van der Waals surface area contributed by atoms with Gasteiger partial charge in [-0.1, -0.05) is 30.3 Å². The van der Waals surface area contributed by atoms with E-state index >= 15 is 0 Å². The highest BCUT2D eigenvalue weighted by atomic mass is 16.3. The second-order valence-corrected chi connectivity index (χ2v) is 6.50. The Morgan fingerprint density at radius 3 is 2.10 bits per heavy atom. The molecule has 6 heteroatoms. The first-order chi connectivity index (χ1) is 14.0. The molecule has 0 unspecified atom stereocenters. The minimum Gasteiger partial charge on any atom is -0.507 e. The Morgan fingerprint density at radius 1 is 0.828 bits per heavy atom. The molecule has 146 valence electrons. The van der Waals surface area contributed by atoms with Crippen LogP contribution in [0.4, 0.5) is 5.69 Å². The quantitative estimate of drug-likeness (QED) is 0.455. The van der Waals surface area contributed by atoms with Gasteiger partial charge >= 0.3 is 0 Å². The molecule has 0 aliphatic heterocycles. The Morgan fingerprint density at radius 2 is 1.45 bits per heavy atom. The number of amides is 2. The molecule has 6 nitrogen and oxygen atoms in total. The van der Waals surface area contributed by atoms with Crippen LogP contribution in [0.15, 0.2) is 77.9 Å². The van der Waals surface area contributed by atoms with Crippen LogP contribution in [-0.4, -0.2) is 22.6 Å². The average Bonchev–Trinajstić information content (AvgIpc) is 2.73. The molecule has 3 aromatic carbocycles. The summed E-state index contributed by atoms with van der Waals surface area (Å²) in [6.45, 7) is 3.57. The Bertz CT molecular complexity index is 1070. The van der Waals surface area contributed by atoms with Gasteiger partial charge in [-0.15, -0.1) is 0 Å². The predicted octanol–water partition coefficient (Wildman–Crippen LogP) is 4.11. The first-order valence-corrected chi connectivity index (χ1v) is 9.06. The third-order valence-electron chi connectivity index (χ3n) is 4.41. The van der Waals surface area contributed by atoms with Crippen LogP contribution in [-0.2, 0) is 0 Å². The number of para-hydroxylation sites is 1. The lowest BCUT2D eigenvalue weighted by molar-refractivity contribution is 0.0954. The van der Waals surface area contributed by atoms with Gasteiger partial charge in [0, 0.05) is 22.4 Å². The molecule has 0 atom stereocenters. The van der Waals surface area contributed by atoms with Crippen molar-refractivity contribution in [2.45, 2.75) is 13.8 Å². The third-order valence-corrected chi connectivity index (χ3v) is 4.41. The fourth-order valence-corrected chi connectivity index (χ4v) is 2.77. The molecule has 0 radical (unpaired) electrons. The Labute approximate surface area is 168 Å². The SMILES string of the molecule is C/C(=N\NC(=O)c1ccc(NC(=O)c2ccccc2C)cc1)c1ccccc1O. The topological polar surface area (TPSA) is 90.8 Å². The van der Waals surface area contributed by atoms with Gasteiger partial charge in [-0.3, -0.25) is 9.59 Å². The van der Waals surface area contributed by atoms with Crippen molar-refractivity contribution in [1.29, 1.82) is 0 Å². The molecule has 0 heterocycles. The standard InChI is InChI=1S/C23H21N3O3/c1-15-7-3-4-8-19(15)23(29)24-18-13-11-17(12-14-18)22(28)26-25-16(2)20-9-5-6-10-21(20)27/h3-14,27H,1-2H3,(H,24,29)(H,26,28)/b25-16+. The molecule has 29 heavy (non-hydrogen) atoms. The molecule has 2 amide bonds. The van der Waals surface area contributed by atoms with Crippen LogP contribution >= 0.6 is 0 Å². The average molecular weight is 387 g/mol. The zero-order chi connectivity index (χ0) is 20.8. The summed E-state index contributed by atoms with van der Waals surface area (Å²) in [5.41, 5.74) is 5.97. The van der Waals surface area contributed by atoms with Crippen LogP contribution in [0.3, 0.4) is 0 Å². The molecule has 3 aromatic rings. The lowest BCUT2D eigenvalue weighted by Crippen LogP contribution is -2.19. The van der Waals surface area contributed by atoms with E-state index in [2.05, 4.69) is 15.8 Å². The number of hydrogen-bond donors (Lipinski definition) is 3. The van der Waals surface area contributed by atoms with Crippen LogP contribution in [0.2, 0.25) is 0 Å². The van der Waals surface area contributed by atoms with E-state index in [0.717, 1.165) is 5.56 Å². The normalized spacial score (nSPS) is 11.0. The van der Waals surface area contributed by atoms with E-state index in [9.17, 15) is 14.7 Å². The van der Waals surface area contributed by atoms with Gasteiger partial charge in [0.2, 0.25) is 0 Å². The Balaban J connectivity index is 1.64. The molecule has 0 bridgehead atoms. The van der Waals surface area contributed by atoms with Crippen molar-refractivity contribution in [2.24, 2.45) is 5.10 Å². The van der Waals surface area contributed by atoms with Crippen LogP contribution in [0.25, 0.3) is 0 Å². The number of nitrogens with one attached hydrogen (secondary N) is 2. The highest BCUT2D eigenvalue weighted by Gasteiger charge is 2.10. The Kier molecular flexibility index (Phi) is 6.04. The minimum absolute atomic E-state index is 0.0942. The second kappa shape index (κ2) is 8.84. The largest absolute Gasteiger partial charge is 0.507 e. The van der Waals surface area contributed by atoms with E-state index in [1.165, 1.54) is 0 Å². The van der Waals surface area contributed by atoms with Crippen molar-refractivity contribution in [3.63, 3.8) is 0 Å². The highest BCUT2D eigenvalue weighted by Crippen LogP contribution is 2.16. The van der Waals surface area contributed by atoms with Crippen LogP contribution in [0.1, 0.15) is 38.8 Å². The fourth-order valence-electron chi connectivity index (χ4n) is 2.77. The van der Waals surface area contributed by atoms with Gasteiger partial charge < -0.3 is 10.4 Å². The van der Waals surface area contributed by atoms with Crippen molar-refractivity contribution in [3.8, 4) is 5.75 Å². The van der Waals surface area contributed by atoms with Crippen molar-refractivity contribution < 1.29 is 14.7 Å². The van der Waals surface area contributed by atoms with Gasteiger partial charge in [0.05, 0.1) is 5.71 Å². The number of carbonyl (C=O) groups excluding carboxylic acids is 2. The molecule has 3 rings (SSSR count). The fraction of sp³-hybridized carbons (Fsp3) is 0.0870. The third kappa shape index (κ3) is 4.87.